The van der Waals surface area contributed by atoms with E-state index in [9.17, 15) is 14.4 Å². The van der Waals surface area contributed by atoms with Crippen molar-refractivity contribution in [2.24, 2.45) is 0 Å². The lowest BCUT2D eigenvalue weighted by Crippen LogP contribution is -2.42. The molecule has 0 saturated carbocycles. The summed E-state index contributed by atoms with van der Waals surface area (Å²) in [6, 6.07) is -1.57. The minimum Gasteiger partial charge on any atom is -0.481 e. The molecule has 20 heavy (non-hydrogen) atoms. The van der Waals surface area contributed by atoms with Crippen molar-refractivity contribution >= 4 is 18.0 Å². The molecule has 0 radical (unpaired) electrons. The van der Waals surface area contributed by atoms with Crippen LogP contribution in [0.2, 0.25) is 0 Å². The van der Waals surface area contributed by atoms with E-state index >= 15 is 0 Å². The minimum absolute atomic E-state index is 0.0191. The highest BCUT2D eigenvalue weighted by Crippen LogP contribution is 1.96. The van der Waals surface area contributed by atoms with Crippen molar-refractivity contribution in [1.29, 1.82) is 0 Å². The number of carboxylic acid groups (broad SMARTS) is 2. The van der Waals surface area contributed by atoms with Crippen molar-refractivity contribution in [3.05, 3.63) is 0 Å². The first kappa shape index (κ1) is 18.0. The van der Waals surface area contributed by atoms with Gasteiger partial charge in [0.1, 0.15) is 6.04 Å². The number of nitrogens with one attached hydrogen (secondary N) is 1. The third-order valence-electron chi connectivity index (χ3n) is 1.95. The van der Waals surface area contributed by atoms with Crippen LogP contribution < -0.4 is 5.32 Å². The molecule has 11 heteroatoms. The number of carbonyl (C=O) groups excluding carboxylic acids is 1. The van der Waals surface area contributed by atoms with Gasteiger partial charge < -0.3 is 20.3 Å². The van der Waals surface area contributed by atoms with Gasteiger partial charge in [-0.05, 0) is 12.8 Å². The highest BCUT2D eigenvalue weighted by molar-refractivity contribution is 5.84. The normalized spacial score (nSPS) is 11.9. The van der Waals surface area contributed by atoms with Gasteiger partial charge in [-0.25, -0.2) is 9.59 Å². The van der Waals surface area contributed by atoms with E-state index in [0.717, 1.165) is 0 Å². The molecule has 0 aromatic carbocycles. The summed E-state index contributed by atoms with van der Waals surface area (Å²) >= 11 is 0. The van der Waals surface area contributed by atoms with Gasteiger partial charge in [0.15, 0.2) is 0 Å². The maximum absolute atomic E-state index is 11.2. The Morgan fingerprint density at radius 2 is 1.70 bits per heavy atom. The third-order valence-corrected chi connectivity index (χ3v) is 1.95. The Kier molecular flexibility index (Phi) is 8.95. The lowest BCUT2D eigenvalue weighted by molar-refractivity contribution is -0.492. The Balaban J connectivity index is 3.80. The highest BCUT2D eigenvalue weighted by Gasteiger charge is 2.23. The Labute approximate surface area is 113 Å². The largest absolute Gasteiger partial charge is 0.481 e. The molecule has 0 spiro atoms. The van der Waals surface area contributed by atoms with E-state index in [1.54, 1.807) is 0 Å². The van der Waals surface area contributed by atoms with E-state index in [-0.39, 0.29) is 13.2 Å². The second-order valence-electron chi connectivity index (χ2n) is 3.56. The van der Waals surface area contributed by atoms with E-state index in [2.05, 4.69) is 9.57 Å². The van der Waals surface area contributed by atoms with Crippen LogP contribution in [0.5, 0.6) is 0 Å². The van der Waals surface area contributed by atoms with Crippen LogP contribution >= 0.6 is 0 Å². The van der Waals surface area contributed by atoms with Gasteiger partial charge in [-0.15, -0.1) is 0 Å². The van der Waals surface area contributed by atoms with Gasteiger partial charge in [0.2, 0.25) is 0 Å². The topological polar surface area (TPSA) is 166 Å². The SMILES string of the molecule is O=C(O)CC(NC(=O)OCCCCON(O)O)C(=O)O. The van der Waals surface area contributed by atoms with Crippen LogP contribution in [-0.4, -0.2) is 63.3 Å². The Morgan fingerprint density at radius 3 is 2.20 bits per heavy atom. The van der Waals surface area contributed by atoms with E-state index < -0.39 is 35.9 Å². The first-order chi connectivity index (χ1) is 9.32. The van der Waals surface area contributed by atoms with Crippen LogP contribution in [0.1, 0.15) is 19.3 Å². The van der Waals surface area contributed by atoms with Gasteiger partial charge in [-0.2, -0.15) is 0 Å². The molecular weight excluding hydrogens is 280 g/mol. The predicted molar refractivity (Wildman–Crippen MR) is 58.8 cm³/mol. The first-order valence-electron chi connectivity index (χ1n) is 5.51. The molecule has 1 amide bonds. The van der Waals surface area contributed by atoms with Crippen molar-refractivity contribution in [1.82, 2.24) is 10.7 Å². The summed E-state index contributed by atoms with van der Waals surface area (Å²) < 4.78 is 4.61. The number of nitrogens with zero attached hydrogens (tertiary/aromatic N) is 1. The summed E-state index contributed by atoms with van der Waals surface area (Å²) in [7, 11) is 0. The van der Waals surface area contributed by atoms with Crippen molar-refractivity contribution in [3.8, 4) is 0 Å². The third kappa shape index (κ3) is 10.0. The maximum Gasteiger partial charge on any atom is 0.407 e. The van der Waals surface area contributed by atoms with Crippen molar-refractivity contribution in [2.75, 3.05) is 13.2 Å². The van der Waals surface area contributed by atoms with Crippen LogP contribution in [0.25, 0.3) is 0 Å². The van der Waals surface area contributed by atoms with Gasteiger partial charge in [0.05, 0.1) is 25.0 Å². The fourth-order valence-electron chi connectivity index (χ4n) is 1.07. The molecular formula is C9H16N2O9. The van der Waals surface area contributed by atoms with Gasteiger partial charge in [0.25, 0.3) is 0 Å². The molecule has 1 unspecified atom stereocenters. The average molecular weight is 296 g/mol. The quantitative estimate of drug-likeness (QED) is 0.260. The van der Waals surface area contributed by atoms with Crippen molar-refractivity contribution in [2.45, 2.75) is 25.3 Å². The van der Waals surface area contributed by atoms with Crippen molar-refractivity contribution < 1.29 is 44.6 Å². The Morgan fingerprint density at radius 1 is 1.10 bits per heavy atom. The van der Waals surface area contributed by atoms with Gasteiger partial charge >= 0.3 is 18.0 Å². The minimum atomic E-state index is -1.57. The van der Waals surface area contributed by atoms with Crippen LogP contribution in [0.3, 0.4) is 0 Å². The van der Waals surface area contributed by atoms with E-state index in [0.29, 0.717) is 12.8 Å². The summed E-state index contributed by atoms with van der Waals surface area (Å²) in [4.78, 5) is 36.4. The number of alkyl carbamates (subject to hydrolysis) is 1. The second kappa shape index (κ2) is 9.91. The van der Waals surface area contributed by atoms with E-state index in [1.807, 2.05) is 5.32 Å². The number of carbonyl (C=O) groups is 3. The summed E-state index contributed by atoms with van der Waals surface area (Å²) in [5.74, 6) is -2.85. The number of hydrogen-bond donors (Lipinski definition) is 5. The second-order valence-corrected chi connectivity index (χ2v) is 3.56. The monoisotopic (exact) mass is 296 g/mol. The smallest absolute Gasteiger partial charge is 0.407 e. The average Bonchev–Trinajstić information content (AvgIpc) is 2.31. The van der Waals surface area contributed by atoms with Crippen LogP contribution in [0.4, 0.5) is 4.79 Å². The van der Waals surface area contributed by atoms with Crippen LogP contribution in [-0.2, 0) is 19.2 Å². The number of unbranched alkanes of at least 4 members (excludes halogenated alkanes) is 1. The molecule has 0 rings (SSSR count). The number of ether oxygens (including phenoxy) is 1. The summed E-state index contributed by atoms with van der Waals surface area (Å²) in [6.07, 6.45) is -1.13. The number of rotatable bonds is 10. The predicted octanol–water partition coefficient (Wildman–Crippen LogP) is -0.567. The zero-order valence-corrected chi connectivity index (χ0v) is 10.4. The van der Waals surface area contributed by atoms with Crippen molar-refractivity contribution in [3.63, 3.8) is 0 Å². The Bertz CT molecular complexity index is 333. The summed E-state index contributed by atoms with van der Waals surface area (Å²) in [5, 5.41) is 34.9. The first-order valence-corrected chi connectivity index (χ1v) is 5.51. The summed E-state index contributed by atoms with van der Waals surface area (Å²) in [6.45, 7) is -0.0831. The molecule has 116 valence electrons. The van der Waals surface area contributed by atoms with E-state index in [1.165, 1.54) is 0 Å². The zero-order valence-electron chi connectivity index (χ0n) is 10.4. The molecule has 0 aliphatic carbocycles. The summed E-state index contributed by atoms with van der Waals surface area (Å²) in [5.41, 5.74) is 0. The van der Waals surface area contributed by atoms with Gasteiger partial charge in [-0.1, -0.05) is 0 Å². The fraction of sp³-hybridized carbons (Fsp3) is 0.667. The van der Waals surface area contributed by atoms with E-state index in [4.69, 9.17) is 20.6 Å². The van der Waals surface area contributed by atoms with Gasteiger partial charge in [-0.3, -0.25) is 20.0 Å². The number of carboxylic acids is 2. The molecule has 0 aromatic heterocycles. The number of amides is 1. The number of hydrogen-bond acceptors (Lipinski definition) is 8. The zero-order chi connectivity index (χ0) is 15.5. The van der Waals surface area contributed by atoms with Crippen LogP contribution in [0.15, 0.2) is 0 Å². The molecule has 0 aliphatic rings. The molecule has 0 aromatic rings. The Hall–Kier alpha value is -1.95. The molecule has 1 atom stereocenters. The molecule has 0 aliphatic heterocycles. The fourth-order valence-corrected chi connectivity index (χ4v) is 1.07. The standard InChI is InChI=1S/C9H16N2O9/c12-7(13)5-6(8(14)15)10-9(16)19-3-1-2-4-20-11(17)18/h6,17-18H,1-5H2,(H,10,16)(H,12,13)(H,14,15). The van der Waals surface area contributed by atoms with Gasteiger partial charge in [0, 0.05) is 0 Å². The molecule has 0 fully saturated rings. The molecule has 0 heterocycles. The van der Waals surface area contributed by atoms with Crippen LogP contribution in [0, 0.1) is 0 Å². The lowest BCUT2D eigenvalue weighted by atomic mass is 10.2. The molecule has 11 nitrogen and oxygen atoms in total. The highest BCUT2D eigenvalue weighted by atomic mass is 17.1. The molecule has 5 N–H and O–H groups in total. The number of aliphatic carboxylic acids is 2. The lowest BCUT2D eigenvalue weighted by Gasteiger charge is -2.12. The molecule has 0 saturated heterocycles. The maximum atomic E-state index is 11.2. The molecule has 0 bridgehead atoms.